The van der Waals surface area contributed by atoms with Crippen LogP contribution in [0.5, 0.6) is 0 Å². The van der Waals surface area contributed by atoms with Crippen LogP contribution in [-0.2, 0) is 15.2 Å². The third-order valence-electron chi connectivity index (χ3n) is 3.02. The molecular weight excluding hydrogens is 399 g/mol. The van der Waals surface area contributed by atoms with Gasteiger partial charge in [-0.1, -0.05) is 6.07 Å². The van der Waals surface area contributed by atoms with Gasteiger partial charge in [-0.15, -0.1) is 0 Å². The van der Waals surface area contributed by atoms with E-state index in [9.17, 15) is 14.7 Å². The fourth-order valence-electron chi connectivity index (χ4n) is 2.02. The topological polar surface area (TPSA) is 99.5 Å². The van der Waals surface area contributed by atoms with Gasteiger partial charge in [0.25, 0.3) is 5.91 Å². The Bertz CT molecular complexity index is 666. The summed E-state index contributed by atoms with van der Waals surface area (Å²) in [4.78, 5) is 26.0. The lowest BCUT2D eigenvalue weighted by atomic mass is 9.92. The van der Waals surface area contributed by atoms with E-state index in [1.807, 2.05) is 40.8 Å². The summed E-state index contributed by atoms with van der Waals surface area (Å²) in [5.41, 5.74) is -1.16. The quantitative estimate of drug-likeness (QED) is 0.656. The Labute approximate surface area is 140 Å². The van der Waals surface area contributed by atoms with E-state index in [-0.39, 0.29) is 0 Å². The average Bonchev–Trinajstić information content (AvgIpc) is 2.73. The van der Waals surface area contributed by atoms with Crippen molar-refractivity contribution in [2.75, 3.05) is 5.32 Å². The number of amides is 1. The molecule has 0 bridgehead atoms. The predicted octanol–water partition coefficient (Wildman–Crippen LogP) is 1.99. The molecule has 1 atom stereocenters. The van der Waals surface area contributed by atoms with E-state index in [2.05, 4.69) is 10.3 Å². The summed E-state index contributed by atoms with van der Waals surface area (Å²) in [6.45, 7) is 0. The van der Waals surface area contributed by atoms with Gasteiger partial charge in [-0.2, -0.15) is 0 Å². The maximum atomic E-state index is 11.6. The van der Waals surface area contributed by atoms with Gasteiger partial charge in [-0.05, 0) is 52.9 Å². The molecule has 3 N–H and O–H groups in total. The lowest BCUT2D eigenvalue weighted by Gasteiger charge is -2.18. The van der Waals surface area contributed by atoms with Crippen molar-refractivity contribution in [1.82, 2.24) is 4.98 Å². The molecule has 1 aromatic carbocycles. The number of nitrogens with one attached hydrogen (secondary N) is 1. The number of rotatable bonds is 2. The number of nitrogens with zero attached hydrogens (tertiary/aromatic N) is 1. The van der Waals surface area contributed by atoms with E-state index >= 15 is 0 Å². The molecule has 7 heteroatoms. The van der Waals surface area contributed by atoms with Crippen LogP contribution in [-0.4, -0.2) is 27.1 Å². The van der Waals surface area contributed by atoms with Crippen molar-refractivity contribution in [2.45, 2.75) is 12.0 Å². The van der Waals surface area contributed by atoms with E-state index in [0.29, 0.717) is 11.3 Å². The maximum absolute atomic E-state index is 11.6. The Kier molecular flexibility index (Phi) is 5.09. The summed E-state index contributed by atoms with van der Waals surface area (Å²) in [7, 11) is 0. The third-order valence-corrected chi connectivity index (χ3v) is 3.70. The fraction of sp³-hybridized carbons (Fsp3) is 0.133. The van der Waals surface area contributed by atoms with Crippen LogP contribution in [0, 0.1) is 3.57 Å². The highest BCUT2D eigenvalue weighted by molar-refractivity contribution is 14.1. The van der Waals surface area contributed by atoms with Crippen LogP contribution in [0.4, 0.5) is 5.69 Å². The van der Waals surface area contributed by atoms with Gasteiger partial charge in [-0.25, -0.2) is 0 Å². The Morgan fingerprint density at radius 3 is 2.45 bits per heavy atom. The predicted molar refractivity (Wildman–Crippen MR) is 88.2 cm³/mol. The molecule has 0 fully saturated rings. The number of benzene rings is 1. The first-order chi connectivity index (χ1) is 10.4. The molecule has 6 nitrogen and oxygen atoms in total. The second-order valence-electron chi connectivity index (χ2n) is 4.60. The zero-order valence-corrected chi connectivity index (χ0v) is 13.5. The SMILES string of the molecule is O=C(O)CC1(O)C(=O)Nc2ccc(I)cc21.c1ccncc1. The maximum Gasteiger partial charge on any atom is 0.307 e. The number of hydrogen-bond donors (Lipinski definition) is 3. The smallest absolute Gasteiger partial charge is 0.307 e. The summed E-state index contributed by atoms with van der Waals surface area (Å²) in [6.07, 6.45) is 2.87. The van der Waals surface area contributed by atoms with Gasteiger partial charge in [0.1, 0.15) is 0 Å². The highest BCUT2D eigenvalue weighted by Crippen LogP contribution is 2.38. The van der Waals surface area contributed by atoms with Gasteiger partial charge in [-0.3, -0.25) is 14.6 Å². The van der Waals surface area contributed by atoms with Crippen LogP contribution in [0.2, 0.25) is 0 Å². The van der Waals surface area contributed by atoms with Crippen LogP contribution >= 0.6 is 22.6 Å². The van der Waals surface area contributed by atoms with Crippen molar-refractivity contribution in [3.63, 3.8) is 0 Å². The molecule has 0 aliphatic carbocycles. The molecule has 1 unspecified atom stereocenters. The molecule has 0 spiro atoms. The summed E-state index contributed by atoms with van der Waals surface area (Å²) < 4.78 is 0.830. The number of fused-ring (bicyclic) bond motifs is 1. The summed E-state index contributed by atoms with van der Waals surface area (Å²) in [6, 6.07) is 10.7. The summed E-state index contributed by atoms with van der Waals surface area (Å²) >= 11 is 2.03. The highest BCUT2D eigenvalue weighted by Gasteiger charge is 2.46. The second-order valence-corrected chi connectivity index (χ2v) is 5.85. The zero-order valence-electron chi connectivity index (χ0n) is 11.4. The summed E-state index contributed by atoms with van der Waals surface area (Å²) in [5.74, 6) is -1.91. The molecule has 0 radical (unpaired) electrons. The van der Waals surface area contributed by atoms with E-state index in [4.69, 9.17) is 5.11 Å². The third kappa shape index (κ3) is 3.60. The monoisotopic (exact) mass is 412 g/mol. The van der Waals surface area contributed by atoms with E-state index in [0.717, 1.165) is 3.57 Å². The number of carboxylic acid groups (broad SMARTS) is 1. The molecule has 1 aromatic heterocycles. The number of carbonyl (C=O) groups is 2. The fourth-order valence-corrected chi connectivity index (χ4v) is 2.51. The van der Waals surface area contributed by atoms with Crippen LogP contribution in [0.3, 0.4) is 0 Å². The molecule has 0 saturated carbocycles. The average molecular weight is 412 g/mol. The zero-order chi connectivity index (χ0) is 16.2. The molecule has 114 valence electrons. The van der Waals surface area contributed by atoms with E-state index < -0.39 is 23.9 Å². The molecule has 2 aromatic rings. The minimum atomic E-state index is -1.96. The van der Waals surface area contributed by atoms with Crippen LogP contribution in [0.1, 0.15) is 12.0 Å². The number of carbonyl (C=O) groups excluding carboxylic acids is 1. The van der Waals surface area contributed by atoms with Crippen molar-refractivity contribution in [3.8, 4) is 0 Å². The van der Waals surface area contributed by atoms with Crippen LogP contribution in [0.15, 0.2) is 48.8 Å². The standard InChI is InChI=1S/C10H8INO4.C5H5N/c11-5-1-2-7-6(3-5)10(16,4-8(13)14)9(15)12-7;1-2-4-6-5-3-1/h1-3,16H,4H2,(H,12,15)(H,13,14);1-5H. The van der Waals surface area contributed by atoms with Crippen molar-refractivity contribution in [2.24, 2.45) is 0 Å². The first-order valence-corrected chi connectivity index (χ1v) is 7.42. The number of halogens is 1. The lowest BCUT2D eigenvalue weighted by molar-refractivity contribution is -0.149. The van der Waals surface area contributed by atoms with E-state index in [1.165, 1.54) is 0 Å². The normalized spacial score (nSPS) is 18.7. The molecule has 2 heterocycles. The summed E-state index contributed by atoms with van der Waals surface area (Å²) in [5, 5.41) is 21.3. The molecular formula is C15H13IN2O4. The van der Waals surface area contributed by atoms with Gasteiger partial charge >= 0.3 is 5.97 Å². The number of aliphatic carboxylic acids is 1. The molecule has 1 aliphatic heterocycles. The lowest BCUT2D eigenvalue weighted by Crippen LogP contribution is -2.36. The minimum absolute atomic E-state index is 0.326. The molecule has 0 saturated heterocycles. The van der Waals surface area contributed by atoms with Gasteiger partial charge in [0, 0.05) is 27.2 Å². The Balaban J connectivity index is 0.000000246. The van der Waals surface area contributed by atoms with Crippen molar-refractivity contribution in [3.05, 3.63) is 57.9 Å². The minimum Gasteiger partial charge on any atom is -0.481 e. The molecule has 1 aliphatic rings. The first kappa shape index (κ1) is 16.4. The number of aliphatic hydroxyl groups is 1. The second kappa shape index (κ2) is 6.84. The molecule has 1 amide bonds. The number of carboxylic acids is 1. The number of anilines is 1. The first-order valence-electron chi connectivity index (χ1n) is 6.34. The van der Waals surface area contributed by atoms with Crippen molar-refractivity contribution in [1.29, 1.82) is 0 Å². The van der Waals surface area contributed by atoms with Gasteiger partial charge in [0.15, 0.2) is 5.60 Å². The van der Waals surface area contributed by atoms with Gasteiger partial charge < -0.3 is 15.5 Å². The van der Waals surface area contributed by atoms with Gasteiger partial charge in [0.2, 0.25) is 0 Å². The van der Waals surface area contributed by atoms with Crippen LogP contribution in [0.25, 0.3) is 0 Å². The highest BCUT2D eigenvalue weighted by atomic mass is 127. The molecule has 3 rings (SSSR count). The molecule has 22 heavy (non-hydrogen) atoms. The number of hydrogen-bond acceptors (Lipinski definition) is 4. The largest absolute Gasteiger partial charge is 0.481 e. The Morgan fingerprint density at radius 1 is 1.27 bits per heavy atom. The van der Waals surface area contributed by atoms with Crippen molar-refractivity contribution >= 4 is 40.2 Å². The Morgan fingerprint density at radius 2 is 1.95 bits per heavy atom. The number of aromatic nitrogens is 1. The Hall–Kier alpha value is -2.00. The van der Waals surface area contributed by atoms with Gasteiger partial charge in [0.05, 0.1) is 6.42 Å². The number of pyridine rings is 1. The van der Waals surface area contributed by atoms with Crippen molar-refractivity contribution < 1.29 is 19.8 Å². The van der Waals surface area contributed by atoms with E-state index in [1.54, 1.807) is 30.6 Å². The van der Waals surface area contributed by atoms with Crippen LogP contribution < -0.4 is 5.32 Å².